The molecule has 3 aromatic carbocycles. The first-order valence-electron chi connectivity index (χ1n) is 13.3. The van der Waals surface area contributed by atoms with Gasteiger partial charge in [0, 0.05) is 17.6 Å². The summed E-state index contributed by atoms with van der Waals surface area (Å²) in [5.41, 5.74) is 1.66. The minimum atomic E-state index is -4.23. The van der Waals surface area contributed by atoms with Crippen LogP contribution in [0.1, 0.15) is 44.7 Å². The Bertz CT molecular complexity index is 1480. The van der Waals surface area contributed by atoms with E-state index in [2.05, 4.69) is 5.32 Å². The van der Waals surface area contributed by atoms with Gasteiger partial charge in [-0.15, -0.1) is 0 Å². The van der Waals surface area contributed by atoms with Crippen LogP contribution in [0.4, 0.5) is 5.69 Å². The zero-order valence-corrected chi connectivity index (χ0v) is 26.5. The van der Waals surface area contributed by atoms with Crippen LogP contribution in [-0.2, 0) is 26.2 Å². The lowest BCUT2D eigenvalue weighted by atomic mass is 10.1. The maximum atomic E-state index is 14.1. The van der Waals surface area contributed by atoms with E-state index in [4.69, 9.17) is 34.8 Å². The number of halogens is 3. The summed E-state index contributed by atoms with van der Waals surface area (Å²) in [5, 5.41) is 3.74. The summed E-state index contributed by atoms with van der Waals surface area (Å²) in [4.78, 5) is 28.9. The molecule has 220 valence electrons. The van der Waals surface area contributed by atoms with Gasteiger partial charge in [0.25, 0.3) is 10.0 Å². The fourth-order valence-electron chi connectivity index (χ4n) is 4.18. The van der Waals surface area contributed by atoms with Crippen molar-refractivity contribution in [3.63, 3.8) is 0 Å². The van der Waals surface area contributed by atoms with Crippen molar-refractivity contribution in [3.05, 3.63) is 92.9 Å². The van der Waals surface area contributed by atoms with E-state index in [0.29, 0.717) is 23.4 Å². The monoisotopic (exact) mass is 637 g/mol. The first-order valence-corrected chi connectivity index (χ1v) is 15.8. The number of amides is 2. The van der Waals surface area contributed by atoms with E-state index >= 15 is 0 Å². The van der Waals surface area contributed by atoms with Crippen molar-refractivity contribution in [2.45, 2.75) is 64.1 Å². The molecule has 0 aromatic heterocycles. The van der Waals surface area contributed by atoms with Gasteiger partial charge in [-0.25, -0.2) is 8.42 Å². The van der Waals surface area contributed by atoms with E-state index in [0.717, 1.165) is 9.87 Å². The van der Waals surface area contributed by atoms with Crippen LogP contribution in [0.25, 0.3) is 0 Å². The smallest absolute Gasteiger partial charge is 0.264 e. The molecule has 0 saturated carbocycles. The molecule has 3 rings (SSSR count). The van der Waals surface area contributed by atoms with E-state index < -0.39 is 28.5 Å². The zero-order chi connectivity index (χ0) is 30.3. The molecule has 0 unspecified atom stereocenters. The topological polar surface area (TPSA) is 86.8 Å². The maximum Gasteiger partial charge on any atom is 0.264 e. The van der Waals surface area contributed by atoms with Gasteiger partial charge in [-0.3, -0.25) is 13.9 Å². The third-order valence-corrected chi connectivity index (χ3v) is 9.66. The molecule has 2 amide bonds. The van der Waals surface area contributed by atoms with Crippen LogP contribution >= 0.6 is 34.8 Å². The summed E-state index contributed by atoms with van der Waals surface area (Å²) in [7, 11) is -4.23. The highest BCUT2D eigenvalue weighted by molar-refractivity contribution is 7.92. The molecule has 1 N–H and O–H groups in total. The van der Waals surface area contributed by atoms with Crippen molar-refractivity contribution in [3.8, 4) is 0 Å². The van der Waals surface area contributed by atoms with Gasteiger partial charge < -0.3 is 10.2 Å². The highest BCUT2D eigenvalue weighted by Gasteiger charge is 2.34. The number of hydrogen-bond acceptors (Lipinski definition) is 4. The number of hydrogen-bond donors (Lipinski definition) is 1. The lowest BCUT2D eigenvalue weighted by Crippen LogP contribution is -2.53. The third-order valence-electron chi connectivity index (χ3n) is 6.76. The Hall–Kier alpha value is -2.78. The average Bonchev–Trinajstić information content (AvgIpc) is 2.94. The minimum Gasteiger partial charge on any atom is -0.352 e. The van der Waals surface area contributed by atoms with E-state index in [1.807, 2.05) is 20.8 Å². The Balaban J connectivity index is 2.10. The standard InChI is InChI=1S/C30H34Cl3N3O4S/c1-5-21(4)34-30(38)28(6-2)35(18-22-9-7-8-10-25(22)31)29(37)19-36(23-13-16-26(32)27(33)17-23)41(39,40)24-14-11-20(3)12-15-24/h7-17,21,28H,5-6,18-19H2,1-4H3,(H,34,38)/t21-,28-/m0/s1. The Morgan fingerprint density at radius 2 is 1.54 bits per heavy atom. The molecule has 0 bridgehead atoms. The molecule has 2 atom stereocenters. The average molecular weight is 639 g/mol. The molecule has 41 heavy (non-hydrogen) atoms. The molecule has 0 heterocycles. The normalized spacial score (nSPS) is 12.9. The molecule has 0 radical (unpaired) electrons. The zero-order valence-electron chi connectivity index (χ0n) is 23.4. The van der Waals surface area contributed by atoms with Gasteiger partial charge in [-0.2, -0.15) is 0 Å². The molecule has 0 aliphatic carbocycles. The van der Waals surface area contributed by atoms with Crippen LogP contribution < -0.4 is 9.62 Å². The van der Waals surface area contributed by atoms with Crippen LogP contribution in [0.5, 0.6) is 0 Å². The number of aryl methyl sites for hydroxylation is 1. The highest BCUT2D eigenvalue weighted by Crippen LogP contribution is 2.31. The van der Waals surface area contributed by atoms with E-state index in [1.54, 1.807) is 43.3 Å². The Morgan fingerprint density at radius 3 is 2.12 bits per heavy atom. The second-order valence-corrected chi connectivity index (χ2v) is 12.9. The fraction of sp³-hybridized carbons (Fsp3) is 0.333. The third kappa shape index (κ3) is 8.16. The number of sulfonamides is 1. The number of carbonyl (C=O) groups is 2. The number of benzene rings is 3. The van der Waals surface area contributed by atoms with Crippen LogP contribution in [0.2, 0.25) is 15.1 Å². The first-order chi connectivity index (χ1) is 19.4. The molecule has 3 aromatic rings. The summed E-state index contributed by atoms with van der Waals surface area (Å²) in [6, 6.07) is 16.7. The minimum absolute atomic E-state index is 0.00109. The largest absolute Gasteiger partial charge is 0.352 e. The summed E-state index contributed by atoms with van der Waals surface area (Å²) < 4.78 is 28.9. The SMILES string of the molecule is CC[C@H](C)NC(=O)[C@H](CC)N(Cc1ccccc1Cl)C(=O)CN(c1ccc(Cl)c(Cl)c1)S(=O)(=O)c1ccc(C)cc1. The number of nitrogens with zero attached hydrogens (tertiary/aromatic N) is 2. The number of nitrogens with one attached hydrogen (secondary N) is 1. The molecular formula is C30H34Cl3N3O4S. The molecule has 0 aliphatic heterocycles. The van der Waals surface area contributed by atoms with Crippen molar-refractivity contribution in [1.82, 2.24) is 10.2 Å². The predicted molar refractivity (Wildman–Crippen MR) is 166 cm³/mol. The summed E-state index contributed by atoms with van der Waals surface area (Å²) in [6.07, 6.45) is 1.01. The van der Waals surface area contributed by atoms with Gasteiger partial charge in [-0.05, 0) is 68.7 Å². The van der Waals surface area contributed by atoms with Crippen LogP contribution in [-0.4, -0.2) is 43.8 Å². The maximum absolute atomic E-state index is 14.1. The van der Waals surface area contributed by atoms with Crippen molar-refractivity contribution in [2.75, 3.05) is 10.8 Å². The summed E-state index contributed by atoms with van der Waals surface area (Å²) in [6.45, 7) is 6.89. The Morgan fingerprint density at radius 1 is 0.878 bits per heavy atom. The Kier molecular flexibility index (Phi) is 11.5. The first kappa shape index (κ1) is 32.7. The lowest BCUT2D eigenvalue weighted by molar-refractivity contribution is -0.140. The van der Waals surface area contributed by atoms with Gasteiger partial charge in [0.05, 0.1) is 20.6 Å². The van der Waals surface area contributed by atoms with Gasteiger partial charge in [-0.1, -0.05) is 84.5 Å². The van der Waals surface area contributed by atoms with Gasteiger partial charge in [0.15, 0.2) is 0 Å². The van der Waals surface area contributed by atoms with Gasteiger partial charge in [0.2, 0.25) is 11.8 Å². The Labute approximate surface area is 257 Å². The highest BCUT2D eigenvalue weighted by atomic mass is 35.5. The summed E-state index contributed by atoms with van der Waals surface area (Å²) >= 11 is 18.8. The van der Waals surface area contributed by atoms with E-state index in [-0.39, 0.29) is 39.1 Å². The second-order valence-electron chi connectivity index (χ2n) is 9.78. The fourth-order valence-corrected chi connectivity index (χ4v) is 6.07. The summed E-state index contributed by atoms with van der Waals surface area (Å²) in [5.74, 6) is -0.914. The van der Waals surface area contributed by atoms with Crippen LogP contribution in [0.3, 0.4) is 0 Å². The molecule has 7 nitrogen and oxygen atoms in total. The van der Waals surface area contributed by atoms with Crippen LogP contribution in [0, 0.1) is 6.92 Å². The second kappa shape index (κ2) is 14.4. The molecule has 11 heteroatoms. The number of carbonyl (C=O) groups excluding carboxylic acids is 2. The van der Waals surface area contributed by atoms with E-state index in [9.17, 15) is 18.0 Å². The van der Waals surface area contributed by atoms with Gasteiger partial charge >= 0.3 is 0 Å². The predicted octanol–water partition coefficient (Wildman–Crippen LogP) is 6.87. The quantitative estimate of drug-likeness (QED) is 0.235. The lowest BCUT2D eigenvalue weighted by Gasteiger charge is -2.34. The molecule has 0 spiro atoms. The molecule has 0 saturated heterocycles. The number of rotatable bonds is 12. The van der Waals surface area contributed by atoms with Crippen molar-refractivity contribution >= 4 is 62.3 Å². The molecular weight excluding hydrogens is 605 g/mol. The van der Waals surface area contributed by atoms with Gasteiger partial charge in [0.1, 0.15) is 12.6 Å². The van der Waals surface area contributed by atoms with Crippen molar-refractivity contribution in [2.24, 2.45) is 0 Å². The van der Waals surface area contributed by atoms with Crippen LogP contribution in [0.15, 0.2) is 71.6 Å². The van der Waals surface area contributed by atoms with E-state index in [1.165, 1.54) is 35.2 Å². The number of anilines is 1. The van der Waals surface area contributed by atoms with Crippen molar-refractivity contribution in [1.29, 1.82) is 0 Å². The molecule has 0 aliphatic rings. The van der Waals surface area contributed by atoms with Crippen molar-refractivity contribution < 1.29 is 18.0 Å². The molecule has 0 fully saturated rings.